The Hall–Kier alpha value is -3.22. The van der Waals surface area contributed by atoms with Crippen molar-refractivity contribution in [3.05, 3.63) is 133 Å². The summed E-state index contributed by atoms with van der Waals surface area (Å²) in [4.78, 5) is 0. The van der Waals surface area contributed by atoms with Crippen LogP contribution in [0.25, 0.3) is 5.69 Å². The Balaban J connectivity index is 1.48. The summed E-state index contributed by atoms with van der Waals surface area (Å²) in [6.07, 6.45) is 8.85. The molecule has 0 radical (unpaired) electrons. The van der Waals surface area contributed by atoms with E-state index in [1.54, 1.807) is 0 Å². The molecule has 0 aliphatic heterocycles. The topological polar surface area (TPSA) is 17.8 Å². The fourth-order valence-electron chi connectivity index (χ4n) is 4.31. The standard InChI is InChI=1S/C28H25N2P/c1-22(31(24-14-7-3-8-15-24)25-16-9-4-10-17-25)26-18-11-19-27(26)28-20-21-30(29-28)23-12-5-2-6-13-23/h2-22,27H,1H3/t22-,27?/m1/s1. The summed E-state index contributed by atoms with van der Waals surface area (Å²) < 4.78 is 1.97. The predicted molar refractivity (Wildman–Crippen MR) is 132 cm³/mol. The van der Waals surface area contributed by atoms with E-state index >= 15 is 0 Å². The molecule has 0 fully saturated rings. The highest BCUT2D eigenvalue weighted by atomic mass is 31.1. The third-order valence-electron chi connectivity index (χ3n) is 5.84. The lowest BCUT2D eigenvalue weighted by Gasteiger charge is -2.29. The van der Waals surface area contributed by atoms with Gasteiger partial charge in [0.15, 0.2) is 0 Å². The van der Waals surface area contributed by atoms with Crippen LogP contribution in [0.15, 0.2) is 127 Å². The molecule has 1 aromatic heterocycles. The van der Waals surface area contributed by atoms with Crippen LogP contribution in [0.2, 0.25) is 0 Å². The first kappa shape index (κ1) is 19.7. The minimum absolute atomic E-state index is 0.220. The molecule has 152 valence electrons. The maximum absolute atomic E-state index is 4.93. The smallest absolute Gasteiger partial charge is 0.0738 e. The molecule has 0 amide bonds. The molecule has 3 aromatic carbocycles. The van der Waals surface area contributed by atoms with Crippen molar-refractivity contribution in [2.45, 2.75) is 18.5 Å². The second kappa shape index (κ2) is 8.88. The van der Waals surface area contributed by atoms with Crippen LogP contribution in [-0.4, -0.2) is 15.4 Å². The van der Waals surface area contributed by atoms with Crippen molar-refractivity contribution in [2.75, 3.05) is 0 Å². The van der Waals surface area contributed by atoms with E-state index in [1.165, 1.54) is 16.2 Å². The molecule has 0 spiro atoms. The first-order chi connectivity index (χ1) is 15.3. The summed E-state index contributed by atoms with van der Waals surface area (Å²) >= 11 is 0. The Morgan fingerprint density at radius 1 is 0.774 bits per heavy atom. The second-order valence-corrected chi connectivity index (χ2v) is 10.3. The number of nitrogens with zero attached hydrogens (tertiary/aromatic N) is 2. The Morgan fingerprint density at radius 2 is 1.35 bits per heavy atom. The first-order valence-corrected chi connectivity index (χ1v) is 12.1. The molecule has 4 aromatic rings. The number of hydrogen-bond acceptors (Lipinski definition) is 1. The van der Waals surface area contributed by atoms with Gasteiger partial charge in [-0.05, 0) is 42.3 Å². The van der Waals surface area contributed by atoms with Gasteiger partial charge in [0.1, 0.15) is 0 Å². The zero-order valence-corrected chi connectivity index (χ0v) is 18.4. The summed E-state index contributed by atoms with van der Waals surface area (Å²) in [5.74, 6) is 0.220. The molecule has 3 heteroatoms. The van der Waals surface area contributed by atoms with Crippen LogP contribution >= 0.6 is 7.92 Å². The summed E-state index contributed by atoms with van der Waals surface area (Å²) in [7, 11) is -0.520. The lowest BCUT2D eigenvalue weighted by Crippen LogP contribution is -2.22. The van der Waals surface area contributed by atoms with Gasteiger partial charge in [-0.1, -0.05) is 104 Å². The Morgan fingerprint density at radius 3 is 1.97 bits per heavy atom. The van der Waals surface area contributed by atoms with Gasteiger partial charge in [0.25, 0.3) is 0 Å². The summed E-state index contributed by atoms with van der Waals surface area (Å²) in [5.41, 5.74) is 4.04. The Bertz CT molecular complexity index is 1150. The molecule has 2 nitrogen and oxygen atoms in total. The number of aromatic nitrogens is 2. The van der Waals surface area contributed by atoms with E-state index < -0.39 is 7.92 Å². The summed E-state index contributed by atoms with van der Waals surface area (Å²) in [6.45, 7) is 2.38. The van der Waals surface area contributed by atoms with Gasteiger partial charge in [-0.2, -0.15) is 5.10 Å². The quantitative estimate of drug-likeness (QED) is 0.351. The molecule has 0 saturated carbocycles. The molecule has 1 unspecified atom stereocenters. The van der Waals surface area contributed by atoms with Gasteiger partial charge in [0.05, 0.1) is 11.4 Å². The van der Waals surface area contributed by atoms with E-state index in [2.05, 4.69) is 110 Å². The van der Waals surface area contributed by atoms with E-state index in [9.17, 15) is 0 Å². The molecule has 0 bridgehead atoms. The maximum Gasteiger partial charge on any atom is 0.0738 e. The van der Waals surface area contributed by atoms with Crippen LogP contribution in [0, 0.1) is 0 Å². The lowest BCUT2D eigenvalue weighted by atomic mass is 9.97. The van der Waals surface area contributed by atoms with E-state index in [1.807, 2.05) is 22.9 Å². The van der Waals surface area contributed by atoms with Crippen molar-refractivity contribution in [3.8, 4) is 5.69 Å². The van der Waals surface area contributed by atoms with Gasteiger partial charge in [0.2, 0.25) is 0 Å². The Labute approximate surface area is 185 Å². The monoisotopic (exact) mass is 420 g/mol. The van der Waals surface area contributed by atoms with Crippen LogP contribution in [0.3, 0.4) is 0 Å². The van der Waals surface area contributed by atoms with Crippen molar-refractivity contribution in [1.29, 1.82) is 0 Å². The van der Waals surface area contributed by atoms with Gasteiger partial charge in [-0.15, -0.1) is 0 Å². The largest absolute Gasteiger partial charge is 0.241 e. The third-order valence-corrected chi connectivity index (χ3v) is 8.62. The van der Waals surface area contributed by atoms with Crippen LogP contribution in [0.4, 0.5) is 0 Å². The van der Waals surface area contributed by atoms with Crippen molar-refractivity contribution in [1.82, 2.24) is 9.78 Å². The highest BCUT2D eigenvalue weighted by molar-refractivity contribution is 7.73. The van der Waals surface area contributed by atoms with E-state index in [0.29, 0.717) is 5.66 Å². The maximum atomic E-state index is 4.93. The van der Waals surface area contributed by atoms with Gasteiger partial charge in [0, 0.05) is 17.8 Å². The van der Waals surface area contributed by atoms with Crippen molar-refractivity contribution in [3.63, 3.8) is 0 Å². The average Bonchev–Trinajstić information content (AvgIpc) is 3.51. The van der Waals surface area contributed by atoms with Crippen molar-refractivity contribution < 1.29 is 0 Å². The van der Waals surface area contributed by atoms with E-state index in [4.69, 9.17) is 5.10 Å². The number of benzene rings is 3. The van der Waals surface area contributed by atoms with Gasteiger partial charge < -0.3 is 0 Å². The summed E-state index contributed by atoms with van der Waals surface area (Å²) in [6, 6.07) is 34.4. The normalized spacial score (nSPS) is 16.5. The number of rotatable bonds is 6. The molecule has 5 rings (SSSR count). The molecule has 1 aliphatic carbocycles. The molecule has 2 atom stereocenters. The molecular weight excluding hydrogens is 395 g/mol. The molecule has 0 saturated heterocycles. The molecule has 1 heterocycles. The van der Waals surface area contributed by atoms with Gasteiger partial charge in [-0.3, -0.25) is 0 Å². The number of allylic oxidation sites excluding steroid dienone is 4. The van der Waals surface area contributed by atoms with Crippen LogP contribution < -0.4 is 10.6 Å². The highest BCUT2D eigenvalue weighted by Gasteiger charge is 2.30. The minimum Gasteiger partial charge on any atom is -0.241 e. The third kappa shape index (κ3) is 4.04. The number of hydrogen-bond donors (Lipinski definition) is 0. The first-order valence-electron chi connectivity index (χ1n) is 10.7. The lowest BCUT2D eigenvalue weighted by molar-refractivity contribution is 0.809. The SMILES string of the molecule is C[C@H](C1=CC=CC1c1ccn(-c2ccccc2)n1)P(c1ccccc1)c1ccccc1. The van der Waals surface area contributed by atoms with Crippen LogP contribution in [0.1, 0.15) is 18.5 Å². The molecule has 1 aliphatic rings. The van der Waals surface area contributed by atoms with Crippen LogP contribution in [0.5, 0.6) is 0 Å². The minimum atomic E-state index is -0.520. The predicted octanol–water partition coefficient (Wildman–Crippen LogP) is 5.97. The van der Waals surface area contributed by atoms with E-state index in [0.717, 1.165) is 11.4 Å². The van der Waals surface area contributed by atoms with Crippen molar-refractivity contribution >= 4 is 18.5 Å². The summed E-state index contributed by atoms with van der Waals surface area (Å²) in [5, 5.41) is 7.76. The van der Waals surface area contributed by atoms with Crippen molar-refractivity contribution in [2.24, 2.45) is 0 Å². The Kier molecular flexibility index (Phi) is 5.65. The van der Waals surface area contributed by atoms with Gasteiger partial charge >= 0.3 is 0 Å². The van der Waals surface area contributed by atoms with Gasteiger partial charge in [-0.25, -0.2) is 4.68 Å². The van der Waals surface area contributed by atoms with E-state index in [-0.39, 0.29) is 5.92 Å². The molecular formula is C28H25N2P. The fraction of sp³-hybridized carbons (Fsp3) is 0.107. The average molecular weight is 420 g/mol. The highest BCUT2D eigenvalue weighted by Crippen LogP contribution is 2.47. The zero-order chi connectivity index (χ0) is 21.0. The van der Waals surface area contributed by atoms with Crippen LogP contribution in [-0.2, 0) is 0 Å². The molecule has 0 N–H and O–H groups in total. The zero-order valence-electron chi connectivity index (χ0n) is 17.5. The number of para-hydroxylation sites is 1. The fourth-order valence-corrected chi connectivity index (χ4v) is 7.04. The molecule has 31 heavy (non-hydrogen) atoms. The second-order valence-electron chi connectivity index (χ2n) is 7.77.